The SMILES string of the molecule is COc1ccc(-c2nnc(SCC(=O)NN=Cc3cc(Br)c(O)c(OC)c3)n2-c2ccc(C)cc2)cc1. The van der Waals surface area contributed by atoms with Crippen molar-refractivity contribution in [3.05, 3.63) is 76.3 Å². The van der Waals surface area contributed by atoms with Crippen molar-refractivity contribution < 1.29 is 19.4 Å². The van der Waals surface area contributed by atoms with Crippen LogP contribution in [-0.2, 0) is 4.79 Å². The molecule has 11 heteroatoms. The van der Waals surface area contributed by atoms with Gasteiger partial charge in [0.15, 0.2) is 22.5 Å². The van der Waals surface area contributed by atoms with Crippen LogP contribution in [-0.4, -0.2) is 52.0 Å². The molecule has 2 N–H and O–H groups in total. The summed E-state index contributed by atoms with van der Waals surface area (Å²) < 4.78 is 12.8. The second kappa shape index (κ2) is 11.9. The van der Waals surface area contributed by atoms with E-state index in [0.29, 0.717) is 26.8 Å². The second-order valence-electron chi connectivity index (χ2n) is 7.84. The van der Waals surface area contributed by atoms with E-state index in [4.69, 9.17) is 9.47 Å². The number of hydrazone groups is 1. The number of nitrogens with one attached hydrogen (secondary N) is 1. The van der Waals surface area contributed by atoms with Crippen LogP contribution in [0.2, 0.25) is 0 Å². The number of aryl methyl sites for hydroxylation is 1. The summed E-state index contributed by atoms with van der Waals surface area (Å²) in [6.45, 7) is 2.02. The summed E-state index contributed by atoms with van der Waals surface area (Å²) in [4.78, 5) is 12.5. The lowest BCUT2D eigenvalue weighted by atomic mass is 10.2. The number of aromatic hydroxyl groups is 1. The highest BCUT2D eigenvalue weighted by molar-refractivity contribution is 9.10. The van der Waals surface area contributed by atoms with E-state index in [0.717, 1.165) is 22.6 Å². The molecule has 0 radical (unpaired) electrons. The zero-order valence-corrected chi connectivity index (χ0v) is 22.7. The minimum absolute atomic E-state index is 0.00761. The number of ether oxygens (including phenoxy) is 2. The molecule has 190 valence electrons. The van der Waals surface area contributed by atoms with Crippen LogP contribution >= 0.6 is 27.7 Å². The number of aromatic nitrogens is 3. The summed E-state index contributed by atoms with van der Waals surface area (Å²) in [5.74, 6) is 1.45. The standard InChI is InChI=1S/C26H24BrN5O4S/c1-16-4-8-19(9-5-16)32-25(18-6-10-20(35-2)11-7-18)30-31-26(32)37-15-23(33)29-28-14-17-12-21(27)24(34)22(13-17)36-3/h4-14,34H,15H2,1-3H3,(H,29,33). The van der Waals surface area contributed by atoms with Gasteiger partial charge in [0.2, 0.25) is 0 Å². The van der Waals surface area contributed by atoms with Crippen LogP contribution in [0.1, 0.15) is 11.1 Å². The summed E-state index contributed by atoms with van der Waals surface area (Å²) in [5, 5.41) is 23.3. The van der Waals surface area contributed by atoms with E-state index < -0.39 is 0 Å². The maximum Gasteiger partial charge on any atom is 0.250 e. The zero-order chi connectivity index (χ0) is 26.4. The van der Waals surface area contributed by atoms with Gasteiger partial charge in [-0.25, -0.2) is 5.43 Å². The molecule has 0 saturated carbocycles. The number of phenolic OH excluding ortho intramolecular Hbond substituents is 1. The molecule has 0 aliphatic rings. The van der Waals surface area contributed by atoms with Crippen LogP contribution in [0.5, 0.6) is 17.2 Å². The van der Waals surface area contributed by atoms with Crippen LogP contribution < -0.4 is 14.9 Å². The third-order valence-corrected chi connectivity index (χ3v) is 6.81. The lowest BCUT2D eigenvalue weighted by Gasteiger charge is -2.11. The van der Waals surface area contributed by atoms with Gasteiger partial charge in [0, 0.05) is 11.3 Å². The number of carbonyl (C=O) groups excluding carboxylic acids is 1. The molecule has 1 aromatic heterocycles. The number of rotatable bonds is 9. The van der Waals surface area contributed by atoms with Crippen LogP contribution in [0.4, 0.5) is 0 Å². The first-order chi connectivity index (χ1) is 17.9. The van der Waals surface area contributed by atoms with Gasteiger partial charge >= 0.3 is 0 Å². The molecule has 37 heavy (non-hydrogen) atoms. The Morgan fingerprint density at radius 2 is 1.84 bits per heavy atom. The predicted octanol–water partition coefficient (Wildman–Crippen LogP) is 4.97. The number of methoxy groups -OCH3 is 2. The van der Waals surface area contributed by atoms with Gasteiger partial charge in [0.25, 0.3) is 5.91 Å². The van der Waals surface area contributed by atoms with E-state index in [-0.39, 0.29) is 17.4 Å². The maximum atomic E-state index is 12.5. The van der Waals surface area contributed by atoms with Gasteiger partial charge in [-0.3, -0.25) is 9.36 Å². The van der Waals surface area contributed by atoms with Gasteiger partial charge in [-0.15, -0.1) is 10.2 Å². The van der Waals surface area contributed by atoms with Crippen molar-refractivity contribution in [3.8, 4) is 34.3 Å². The third-order valence-electron chi connectivity index (χ3n) is 5.28. The molecule has 3 aromatic carbocycles. The Labute approximate surface area is 226 Å². The van der Waals surface area contributed by atoms with Gasteiger partial charge < -0.3 is 14.6 Å². The largest absolute Gasteiger partial charge is 0.503 e. The highest BCUT2D eigenvalue weighted by Gasteiger charge is 2.17. The monoisotopic (exact) mass is 581 g/mol. The van der Waals surface area contributed by atoms with E-state index in [9.17, 15) is 9.90 Å². The Morgan fingerprint density at radius 1 is 1.11 bits per heavy atom. The van der Waals surface area contributed by atoms with E-state index >= 15 is 0 Å². The number of nitrogens with zero attached hydrogens (tertiary/aromatic N) is 4. The Kier molecular flexibility index (Phi) is 8.47. The average molecular weight is 582 g/mol. The van der Waals surface area contributed by atoms with E-state index in [1.165, 1.54) is 25.1 Å². The number of hydrogen-bond donors (Lipinski definition) is 2. The molecular weight excluding hydrogens is 558 g/mol. The molecule has 0 bridgehead atoms. The number of hydrogen-bond acceptors (Lipinski definition) is 8. The molecule has 0 aliphatic heterocycles. The molecule has 0 spiro atoms. The van der Waals surface area contributed by atoms with E-state index in [1.807, 2.05) is 60.0 Å². The van der Waals surface area contributed by atoms with Crippen molar-refractivity contribution in [1.29, 1.82) is 0 Å². The van der Waals surface area contributed by atoms with E-state index in [1.54, 1.807) is 19.2 Å². The number of amides is 1. The molecule has 0 saturated heterocycles. The smallest absolute Gasteiger partial charge is 0.250 e. The van der Waals surface area contributed by atoms with Crippen molar-refractivity contribution in [2.24, 2.45) is 5.10 Å². The molecular formula is C26H24BrN5O4S. The Morgan fingerprint density at radius 3 is 2.51 bits per heavy atom. The number of benzene rings is 3. The molecule has 4 rings (SSSR count). The molecule has 1 heterocycles. The predicted molar refractivity (Wildman–Crippen MR) is 147 cm³/mol. The second-order valence-corrected chi connectivity index (χ2v) is 9.64. The minimum atomic E-state index is -0.310. The van der Waals surface area contributed by atoms with Crippen molar-refractivity contribution in [3.63, 3.8) is 0 Å². The summed E-state index contributed by atoms with van der Waals surface area (Å²) in [7, 11) is 3.07. The summed E-state index contributed by atoms with van der Waals surface area (Å²) in [6.07, 6.45) is 1.46. The highest BCUT2D eigenvalue weighted by atomic mass is 79.9. The van der Waals surface area contributed by atoms with Gasteiger partial charge in [0.05, 0.1) is 30.7 Å². The minimum Gasteiger partial charge on any atom is -0.503 e. The van der Waals surface area contributed by atoms with E-state index in [2.05, 4.69) is 36.7 Å². The molecule has 0 fully saturated rings. The molecule has 0 aliphatic carbocycles. The van der Waals surface area contributed by atoms with Crippen molar-refractivity contribution in [2.45, 2.75) is 12.1 Å². The van der Waals surface area contributed by atoms with Crippen LogP contribution in [0.25, 0.3) is 17.1 Å². The summed E-state index contributed by atoms with van der Waals surface area (Å²) in [5.41, 5.74) is 6.03. The van der Waals surface area contributed by atoms with Crippen molar-refractivity contribution in [1.82, 2.24) is 20.2 Å². The first-order valence-corrected chi connectivity index (χ1v) is 12.9. The number of phenols is 1. The van der Waals surface area contributed by atoms with Gasteiger partial charge in [0.1, 0.15) is 5.75 Å². The molecule has 0 unspecified atom stereocenters. The summed E-state index contributed by atoms with van der Waals surface area (Å²) in [6, 6.07) is 18.8. The topological polar surface area (TPSA) is 111 Å². The third kappa shape index (κ3) is 6.30. The van der Waals surface area contributed by atoms with Crippen LogP contribution in [0.15, 0.2) is 75.4 Å². The number of thioether (sulfide) groups is 1. The first kappa shape index (κ1) is 26.2. The first-order valence-electron chi connectivity index (χ1n) is 11.1. The molecule has 0 atom stereocenters. The fourth-order valence-corrected chi connectivity index (χ4v) is 4.59. The number of halogens is 1. The fourth-order valence-electron chi connectivity index (χ4n) is 3.38. The van der Waals surface area contributed by atoms with Crippen LogP contribution in [0.3, 0.4) is 0 Å². The highest BCUT2D eigenvalue weighted by Crippen LogP contribution is 2.34. The molecule has 1 amide bonds. The zero-order valence-electron chi connectivity index (χ0n) is 20.3. The maximum absolute atomic E-state index is 12.5. The Hall–Kier alpha value is -3.83. The van der Waals surface area contributed by atoms with Crippen LogP contribution in [0, 0.1) is 6.92 Å². The van der Waals surface area contributed by atoms with Gasteiger partial charge in [-0.1, -0.05) is 29.5 Å². The Balaban J connectivity index is 1.50. The summed E-state index contributed by atoms with van der Waals surface area (Å²) >= 11 is 4.51. The molecule has 9 nitrogen and oxygen atoms in total. The number of carbonyl (C=O) groups is 1. The van der Waals surface area contributed by atoms with Crippen molar-refractivity contribution in [2.75, 3.05) is 20.0 Å². The van der Waals surface area contributed by atoms with Gasteiger partial charge in [-0.05, 0) is 76.9 Å². The normalized spacial score (nSPS) is 11.0. The van der Waals surface area contributed by atoms with Crippen molar-refractivity contribution >= 4 is 39.8 Å². The lowest BCUT2D eigenvalue weighted by molar-refractivity contribution is -0.118. The Bertz CT molecular complexity index is 1420. The molecule has 4 aromatic rings. The van der Waals surface area contributed by atoms with Gasteiger partial charge in [-0.2, -0.15) is 5.10 Å². The lowest BCUT2D eigenvalue weighted by Crippen LogP contribution is -2.20. The average Bonchev–Trinajstić information content (AvgIpc) is 3.33. The fraction of sp³-hybridized carbons (Fsp3) is 0.154. The quantitative estimate of drug-likeness (QED) is 0.163.